The van der Waals surface area contributed by atoms with Crippen LogP contribution in [0.5, 0.6) is 5.75 Å². The van der Waals surface area contributed by atoms with E-state index in [1.54, 1.807) is 0 Å². The fraction of sp³-hybridized carbons (Fsp3) is 0.438. The van der Waals surface area contributed by atoms with E-state index < -0.39 is 0 Å². The molecule has 0 saturated carbocycles. The van der Waals surface area contributed by atoms with Crippen molar-refractivity contribution >= 4 is 22.6 Å². The van der Waals surface area contributed by atoms with Crippen LogP contribution >= 0.6 is 11.6 Å². The minimum atomic E-state index is -0.342. The molecule has 1 aliphatic rings. The van der Waals surface area contributed by atoms with Crippen LogP contribution in [0.1, 0.15) is 25.0 Å². The Labute approximate surface area is 128 Å². The number of hydrogen-bond donors (Lipinski definition) is 0. The van der Waals surface area contributed by atoms with Crippen molar-refractivity contribution < 1.29 is 9.15 Å². The van der Waals surface area contributed by atoms with Gasteiger partial charge < -0.3 is 9.15 Å². The molecule has 5 heteroatoms. The summed E-state index contributed by atoms with van der Waals surface area (Å²) < 4.78 is 11.2. The van der Waals surface area contributed by atoms with Crippen molar-refractivity contribution in [3.63, 3.8) is 0 Å². The molecule has 1 aromatic carbocycles. The Balaban J connectivity index is 2.17. The summed E-state index contributed by atoms with van der Waals surface area (Å²) in [6, 6.07) is 3.30. The molecule has 0 fully saturated rings. The van der Waals surface area contributed by atoms with Crippen LogP contribution in [0, 0.1) is 12.8 Å². The highest BCUT2D eigenvalue weighted by Gasteiger charge is 2.25. The van der Waals surface area contributed by atoms with Gasteiger partial charge in [0.15, 0.2) is 0 Å². The Morgan fingerprint density at radius 2 is 2.14 bits per heavy atom. The molecule has 3 rings (SSSR count). The Morgan fingerprint density at radius 1 is 1.38 bits per heavy atom. The molecule has 0 atom stereocenters. The molecule has 1 aliphatic heterocycles. The van der Waals surface area contributed by atoms with Crippen molar-refractivity contribution in [3.8, 4) is 5.75 Å². The third kappa shape index (κ3) is 2.65. The molecule has 0 saturated heterocycles. The van der Waals surface area contributed by atoms with Crippen LogP contribution in [-0.4, -0.2) is 18.2 Å². The zero-order valence-electron chi connectivity index (χ0n) is 12.4. The molecule has 0 amide bonds. The average molecular weight is 308 g/mol. The quantitative estimate of drug-likeness (QED) is 0.796. The molecule has 4 nitrogen and oxygen atoms in total. The van der Waals surface area contributed by atoms with Crippen LogP contribution in [0.15, 0.2) is 21.3 Å². The summed E-state index contributed by atoms with van der Waals surface area (Å²) >= 11 is 6.32. The van der Waals surface area contributed by atoms with Gasteiger partial charge in [0.1, 0.15) is 18.1 Å². The monoisotopic (exact) mass is 307 g/mol. The molecule has 0 unspecified atom stereocenters. The Morgan fingerprint density at radius 3 is 2.86 bits per heavy atom. The molecule has 1 aromatic heterocycles. The zero-order valence-corrected chi connectivity index (χ0v) is 13.2. The van der Waals surface area contributed by atoms with Gasteiger partial charge >= 0.3 is 5.63 Å². The predicted octanol–water partition coefficient (Wildman–Crippen LogP) is 3.56. The lowest BCUT2D eigenvalue weighted by atomic mass is 10.0. The van der Waals surface area contributed by atoms with Gasteiger partial charge in [-0.05, 0) is 24.5 Å². The zero-order chi connectivity index (χ0) is 15.1. The number of hydrogen-bond acceptors (Lipinski definition) is 4. The number of nitrogens with zero attached hydrogens (tertiary/aromatic N) is 1. The number of fused-ring (bicyclic) bond motifs is 3. The Bertz CT molecular complexity index is 751. The molecule has 21 heavy (non-hydrogen) atoms. The number of ether oxygens (including phenoxy) is 1. The smallest absolute Gasteiger partial charge is 0.336 e. The van der Waals surface area contributed by atoms with Crippen LogP contribution in [0.3, 0.4) is 0 Å². The number of rotatable bonds is 2. The SMILES string of the molecule is Cc1cc(=O)oc2c3c(c(Cl)cc12)OCN(CC(C)C)C3. The lowest BCUT2D eigenvalue weighted by Gasteiger charge is -2.31. The van der Waals surface area contributed by atoms with Crippen LogP contribution in [-0.2, 0) is 6.54 Å². The molecule has 0 bridgehead atoms. The first-order valence-electron chi connectivity index (χ1n) is 7.06. The highest BCUT2D eigenvalue weighted by Crippen LogP contribution is 2.39. The average Bonchev–Trinajstić information content (AvgIpc) is 2.39. The summed E-state index contributed by atoms with van der Waals surface area (Å²) in [4.78, 5) is 13.9. The molecular weight excluding hydrogens is 290 g/mol. The summed E-state index contributed by atoms with van der Waals surface area (Å²) in [6.45, 7) is 8.32. The van der Waals surface area contributed by atoms with Gasteiger partial charge in [0.05, 0.1) is 10.6 Å². The summed E-state index contributed by atoms with van der Waals surface area (Å²) in [5, 5.41) is 1.44. The van der Waals surface area contributed by atoms with E-state index in [2.05, 4.69) is 18.7 Å². The highest BCUT2D eigenvalue weighted by molar-refractivity contribution is 6.33. The topological polar surface area (TPSA) is 42.7 Å². The highest BCUT2D eigenvalue weighted by atomic mass is 35.5. The fourth-order valence-electron chi connectivity index (χ4n) is 2.82. The van der Waals surface area contributed by atoms with Gasteiger partial charge in [0, 0.05) is 24.5 Å². The van der Waals surface area contributed by atoms with Gasteiger partial charge in [0.2, 0.25) is 0 Å². The number of aryl methyl sites for hydroxylation is 1. The lowest BCUT2D eigenvalue weighted by Crippen LogP contribution is -2.35. The fourth-order valence-corrected chi connectivity index (χ4v) is 3.10. The third-order valence-electron chi connectivity index (χ3n) is 3.64. The molecule has 2 aromatic rings. The van der Waals surface area contributed by atoms with Crippen molar-refractivity contribution in [2.75, 3.05) is 13.3 Å². The molecular formula is C16H18ClNO3. The number of benzene rings is 1. The second-order valence-electron chi connectivity index (χ2n) is 5.97. The van der Waals surface area contributed by atoms with Crippen molar-refractivity contribution in [1.29, 1.82) is 0 Å². The lowest BCUT2D eigenvalue weighted by molar-refractivity contribution is 0.0849. The molecule has 0 N–H and O–H groups in total. The Hall–Kier alpha value is -1.52. The summed E-state index contributed by atoms with van der Waals surface area (Å²) in [6.07, 6.45) is 0. The first kappa shape index (κ1) is 14.4. The van der Waals surface area contributed by atoms with Crippen molar-refractivity contribution in [2.24, 2.45) is 5.92 Å². The van der Waals surface area contributed by atoms with E-state index in [4.69, 9.17) is 20.8 Å². The molecule has 2 heterocycles. The van der Waals surface area contributed by atoms with Crippen molar-refractivity contribution in [2.45, 2.75) is 27.3 Å². The van der Waals surface area contributed by atoms with E-state index in [0.29, 0.717) is 35.5 Å². The Kier molecular flexibility index (Phi) is 3.68. The van der Waals surface area contributed by atoms with E-state index >= 15 is 0 Å². The first-order valence-corrected chi connectivity index (χ1v) is 7.44. The van der Waals surface area contributed by atoms with Gasteiger partial charge in [-0.15, -0.1) is 0 Å². The molecule has 0 radical (unpaired) electrons. The summed E-state index contributed by atoms with van der Waals surface area (Å²) in [7, 11) is 0. The van der Waals surface area contributed by atoms with Gasteiger partial charge in [-0.3, -0.25) is 4.90 Å². The second kappa shape index (κ2) is 5.35. The maximum absolute atomic E-state index is 11.7. The van der Waals surface area contributed by atoms with E-state index in [-0.39, 0.29) is 5.63 Å². The van der Waals surface area contributed by atoms with Crippen molar-refractivity contribution in [1.82, 2.24) is 4.90 Å². The van der Waals surface area contributed by atoms with Crippen LogP contribution < -0.4 is 10.4 Å². The third-order valence-corrected chi connectivity index (χ3v) is 3.92. The van der Waals surface area contributed by atoms with E-state index in [1.165, 1.54) is 6.07 Å². The molecule has 0 aliphatic carbocycles. The van der Waals surface area contributed by atoms with E-state index in [1.807, 2.05) is 13.0 Å². The maximum Gasteiger partial charge on any atom is 0.336 e. The van der Waals surface area contributed by atoms with Crippen LogP contribution in [0.25, 0.3) is 11.0 Å². The minimum absolute atomic E-state index is 0.342. The van der Waals surface area contributed by atoms with E-state index in [9.17, 15) is 4.79 Å². The molecule has 112 valence electrons. The van der Waals surface area contributed by atoms with Crippen LogP contribution in [0.2, 0.25) is 5.02 Å². The van der Waals surface area contributed by atoms with Crippen molar-refractivity contribution in [3.05, 3.63) is 38.7 Å². The van der Waals surface area contributed by atoms with Gasteiger partial charge in [-0.2, -0.15) is 0 Å². The second-order valence-corrected chi connectivity index (χ2v) is 6.38. The maximum atomic E-state index is 11.7. The normalized spacial score (nSPS) is 15.3. The molecule has 0 spiro atoms. The summed E-state index contributed by atoms with van der Waals surface area (Å²) in [5.74, 6) is 1.17. The minimum Gasteiger partial charge on any atom is -0.476 e. The first-order chi connectivity index (χ1) is 9.95. The van der Waals surface area contributed by atoms with Gasteiger partial charge in [0.25, 0.3) is 0 Å². The van der Waals surface area contributed by atoms with Gasteiger partial charge in [-0.25, -0.2) is 4.79 Å². The standard InChI is InChI=1S/C16H18ClNO3/c1-9(2)6-18-7-12-15-11(10(3)4-14(19)21-15)5-13(17)16(12)20-8-18/h4-5,9H,6-8H2,1-3H3. The van der Waals surface area contributed by atoms with Gasteiger partial charge in [-0.1, -0.05) is 25.4 Å². The largest absolute Gasteiger partial charge is 0.476 e. The van der Waals surface area contributed by atoms with E-state index in [0.717, 1.165) is 23.1 Å². The van der Waals surface area contributed by atoms with Crippen LogP contribution in [0.4, 0.5) is 0 Å². The number of halogens is 1. The summed E-state index contributed by atoms with van der Waals surface area (Å²) in [5.41, 5.74) is 1.98. The predicted molar refractivity (Wildman–Crippen MR) is 83.0 cm³/mol.